The first-order valence-corrected chi connectivity index (χ1v) is 6.39. The molecule has 2 aromatic heterocycles. The highest BCUT2D eigenvalue weighted by Crippen LogP contribution is 2.22. The number of imidazole rings is 1. The van der Waals surface area contributed by atoms with E-state index in [-0.39, 0.29) is 6.04 Å². The molecule has 0 radical (unpaired) electrons. The number of hydrogen-bond donors (Lipinski definition) is 2. The molecule has 5 heteroatoms. The van der Waals surface area contributed by atoms with E-state index >= 15 is 0 Å². The average molecular weight is 236 g/mol. The van der Waals surface area contributed by atoms with Gasteiger partial charge in [-0.3, -0.25) is 0 Å². The fourth-order valence-electron chi connectivity index (χ4n) is 1.55. The number of nitrogens with one attached hydrogen (secondary N) is 1. The van der Waals surface area contributed by atoms with Gasteiger partial charge in [0.2, 0.25) is 0 Å². The summed E-state index contributed by atoms with van der Waals surface area (Å²) in [6.45, 7) is 2.16. The van der Waals surface area contributed by atoms with Gasteiger partial charge in [-0.15, -0.1) is 11.3 Å². The number of nitrogens with zero attached hydrogens (tertiary/aromatic N) is 2. The van der Waals surface area contributed by atoms with Crippen molar-refractivity contribution in [2.75, 3.05) is 0 Å². The zero-order valence-corrected chi connectivity index (χ0v) is 10.1. The molecule has 0 amide bonds. The van der Waals surface area contributed by atoms with Gasteiger partial charge < -0.3 is 10.7 Å². The molecule has 0 fully saturated rings. The molecule has 0 bridgehead atoms. The van der Waals surface area contributed by atoms with Crippen LogP contribution in [0.1, 0.15) is 38.1 Å². The van der Waals surface area contributed by atoms with Crippen LogP contribution >= 0.6 is 11.3 Å². The fraction of sp³-hybridized carbons (Fsp3) is 0.455. The van der Waals surface area contributed by atoms with Crippen LogP contribution in [0.2, 0.25) is 0 Å². The van der Waals surface area contributed by atoms with E-state index < -0.39 is 0 Å². The van der Waals surface area contributed by atoms with Crippen LogP contribution < -0.4 is 5.73 Å². The maximum absolute atomic E-state index is 6.04. The molecule has 0 aliphatic heterocycles. The van der Waals surface area contributed by atoms with E-state index in [1.807, 2.05) is 5.38 Å². The normalized spacial score (nSPS) is 12.9. The Bertz CT molecular complexity index is 421. The Morgan fingerprint density at radius 3 is 3.06 bits per heavy atom. The Morgan fingerprint density at radius 1 is 1.50 bits per heavy atom. The highest BCUT2D eigenvalue weighted by Gasteiger charge is 2.11. The number of unbranched alkanes of at least 4 members (excludes halogenated alkanes) is 1. The Hall–Kier alpha value is -1.20. The van der Waals surface area contributed by atoms with Crippen LogP contribution in [-0.2, 0) is 0 Å². The first-order chi connectivity index (χ1) is 7.81. The lowest BCUT2D eigenvalue weighted by Crippen LogP contribution is -2.11. The van der Waals surface area contributed by atoms with E-state index in [4.69, 9.17) is 5.73 Å². The molecule has 86 valence electrons. The molecule has 4 nitrogen and oxygen atoms in total. The van der Waals surface area contributed by atoms with Gasteiger partial charge in [-0.1, -0.05) is 19.8 Å². The molecule has 0 aliphatic carbocycles. The maximum atomic E-state index is 6.04. The van der Waals surface area contributed by atoms with Gasteiger partial charge in [-0.25, -0.2) is 9.97 Å². The molecule has 0 saturated heterocycles. The van der Waals surface area contributed by atoms with Crippen LogP contribution in [0.3, 0.4) is 0 Å². The van der Waals surface area contributed by atoms with Crippen LogP contribution in [0.25, 0.3) is 10.7 Å². The summed E-state index contributed by atoms with van der Waals surface area (Å²) in [7, 11) is 0. The fourth-order valence-corrected chi connectivity index (χ4v) is 2.15. The van der Waals surface area contributed by atoms with Crippen molar-refractivity contribution in [3.8, 4) is 10.7 Å². The third-order valence-corrected chi connectivity index (χ3v) is 3.28. The van der Waals surface area contributed by atoms with Gasteiger partial charge >= 0.3 is 0 Å². The molecule has 1 unspecified atom stereocenters. The number of aromatic amines is 1. The van der Waals surface area contributed by atoms with E-state index in [2.05, 4.69) is 21.9 Å². The zero-order valence-electron chi connectivity index (χ0n) is 9.31. The molecule has 2 rings (SSSR count). The number of thiazole rings is 1. The van der Waals surface area contributed by atoms with Crippen molar-refractivity contribution in [1.29, 1.82) is 0 Å². The van der Waals surface area contributed by atoms with Crippen LogP contribution in [0.5, 0.6) is 0 Å². The second-order valence-corrected chi connectivity index (χ2v) is 4.66. The second-order valence-electron chi connectivity index (χ2n) is 3.77. The molecule has 2 aromatic rings. The van der Waals surface area contributed by atoms with Crippen molar-refractivity contribution in [3.05, 3.63) is 23.6 Å². The average Bonchev–Trinajstić information content (AvgIpc) is 2.94. The van der Waals surface area contributed by atoms with Crippen molar-refractivity contribution < 1.29 is 0 Å². The first-order valence-electron chi connectivity index (χ1n) is 5.51. The van der Waals surface area contributed by atoms with E-state index in [1.54, 1.807) is 23.7 Å². The molecule has 2 heterocycles. The molecule has 1 atom stereocenters. The standard InChI is InChI=1S/C11H16N4S/c1-2-3-4-8(12)10-14-7-9(15-10)11-13-5-6-16-11/h5-8H,2-4,12H2,1H3,(H,14,15). The van der Waals surface area contributed by atoms with Crippen molar-refractivity contribution in [2.24, 2.45) is 5.73 Å². The molecular weight excluding hydrogens is 220 g/mol. The van der Waals surface area contributed by atoms with Gasteiger partial charge in [0.05, 0.1) is 17.9 Å². The van der Waals surface area contributed by atoms with Gasteiger partial charge in [0.15, 0.2) is 0 Å². The highest BCUT2D eigenvalue weighted by atomic mass is 32.1. The van der Waals surface area contributed by atoms with E-state index in [0.29, 0.717) is 0 Å². The molecule has 0 aliphatic rings. The van der Waals surface area contributed by atoms with Crippen molar-refractivity contribution in [1.82, 2.24) is 15.0 Å². The quantitative estimate of drug-likeness (QED) is 0.838. The number of hydrogen-bond acceptors (Lipinski definition) is 4. The highest BCUT2D eigenvalue weighted by molar-refractivity contribution is 7.13. The van der Waals surface area contributed by atoms with Gasteiger partial charge in [0, 0.05) is 11.6 Å². The maximum Gasteiger partial charge on any atom is 0.141 e. The Balaban J connectivity index is 2.07. The number of H-pyrrole nitrogens is 1. The monoisotopic (exact) mass is 236 g/mol. The van der Waals surface area contributed by atoms with E-state index in [1.165, 1.54) is 0 Å². The van der Waals surface area contributed by atoms with Crippen molar-refractivity contribution in [3.63, 3.8) is 0 Å². The van der Waals surface area contributed by atoms with Crippen LogP contribution in [0, 0.1) is 0 Å². The minimum atomic E-state index is 0.00802. The summed E-state index contributed by atoms with van der Waals surface area (Å²) in [6, 6.07) is 0.00802. The first kappa shape index (κ1) is 11.3. The largest absolute Gasteiger partial charge is 0.339 e. The number of rotatable bonds is 5. The summed E-state index contributed by atoms with van der Waals surface area (Å²) in [4.78, 5) is 11.8. The minimum absolute atomic E-state index is 0.00802. The molecule has 0 spiro atoms. The Morgan fingerprint density at radius 2 is 2.38 bits per heavy atom. The van der Waals surface area contributed by atoms with Crippen molar-refractivity contribution in [2.45, 2.75) is 32.2 Å². The molecule has 3 N–H and O–H groups in total. The summed E-state index contributed by atoms with van der Waals surface area (Å²) in [5, 5.41) is 2.91. The van der Waals surface area contributed by atoms with Gasteiger partial charge in [0.25, 0.3) is 0 Å². The molecular formula is C11H16N4S. The Labute approximate surface area is 98.9 Å². The SMILES string of the molecule is CCCCC(N)c1ncc(-c2nccs2)[nH]1. The summed E-state index contributed by atoms with van der Waals surface area (Å²) < 4.78 is 0. The van der Waals surface area contributed by atoms with Gasteiger partial charge in [-0.05, 0) is 6.42 Å². The number of nitrogens with two attached hydrogens (primary N) is 1. The topological polar surface area (TPSA) is 67.6 Å². The summed E-state index contributed by atoms with van der Waals surface area (Å²) in [5.41, 5.74) is 6.99. The van der Waals surface area contributed by atoms with Gasteiger partial charge in [0.1, 0.15) is 10.8 Å². The smallest absolute Gasteiger partial charge is 0.141 e. The van der Waals surface area contributed by atoms with Crippen molar-refractivity contribution >= 4 is 11.3 Å². The minimum Gasteiger partial charge on any atom is -0.339 e. The van der Waals surface area contributed by atoms with Crippen LogP contribution in [-0.4, -0.2) is 15.0 Å². The molecule has 16 heavy (non-hydrogen) atoms. The predicted molar refractivity (Wildman–Crippen MR) is 66.1 cm³/mol. The zero-order chi connectivity index (χ0) is 11.4. The van der Waals surface area contributed by atoms with Gasteiger partial charge in [-0.2, -0.15) is 0 Å². The van der Waals surface area contributed by atoms with Crippen LogP contribution in [0.15, 0.2) is 17.8 Å². The summed E-state index contributed by atoms with van der Waals surface area (Å²) in [6.07, 6.45) is 6.86. The third-order valence-electron chi connectivity index (χ3n) is 2.48. The summed E-state index contributed by atoms with van der Waals surface area (Å²) >= 11 is 1.60. The summed E-state index contributed by atoms with van der Waals surface area (Å²) in [5.74, 6) is 0.860. The second kappa shape index (κ2) is 5.23. The predicted octanol–water partition coefficient (Wildman–Crippen LogP) is 2.72. The lowest BCUT2D eigenvalue weighted by molar-refractivity contribution is 0.580. The molecule has 0 aromatic carbocycles. The van der Waals surface area contributed by atoms with E-state index in [9.17, 15) is 0 Å². The Kier molecular flexibility index (Phi) is 3.69. The van der Waals surface area contributed by atoms with E-state index in [0.717, 1.165) is 35.8 Å². The number of aromatic nitrogens is 3. The lowest BCUT2D eigenvalue weighted by Gasteiger charge is -2.06. The third kappa shape index (κ3) is 2.48. The lowest BCUT2D eigenvalue weighted by atomic mass is 10.1. The molecule has 0 saturated carbocycles. The van der Waals surface area contributed by atoms with Crippen LogP contribution in [0.4, 0.5) is 0 Å².